The number of nitrogens with one attached hydrogen (secondary N) is 1. The largest absolute Gasteiger partial charge is 0.343 e. The van der Waals surface area contributed by atoms with E-state index in [4.69, 9.17) is 37.4 Å². The molecule has 1 fully saturated rings. The zero-order valence-corrected chi connectivity index (χ0v) is 9.65. The Balaban J connectivity index is 3.20. The lowest BCUT2D eigenvalue weighted by atomic mass is 10.5. The molecule has 1 unspecified atom stereocenters. The summed E-state index contributed by atoms with van der Waals surface area (Å²) in [6, 6.07) is 0. The molecule has 1 aliphatic rings. The Labute approximate surface area is 104 Å². The van der Waals surface area contributed by atoms with Crippen molar-refractivity contribution in [2.45, 2.75) is 6.37 Å². The summed E-state index contributed by atoms with van der Waals surface area (Å²) in [6.45, 7) is -4.52. The van der Waals surface area contributed by atoms with Crippen molar-refractivity contribution in [3.63, 3.8) is 0 Å². The molecule has 0 spiro atoms. The molecule has 0 bridgehead atoms. The van der Waals surface area contributed by atoms with Crippen LogP contribution in [0, 0.1) is 0 Å². The van der Waals surface area contributed by atoms with E-state index in [0.717, 1.165) is 0 Å². The van der Waals surface area contributed by atoms with E-state index in [9.17, 15) is 4.57 Å². The highest BCUT2D eigenvalue weighted by molar-refractivity contribution is 7.54. The minimum Gasteiger partial charge on any atom is -0.306 e. The van der Waals surface area contributed by atoms with E-state index in [1.807, 2.05) is 0 Å². The first-order chi connectivity index (χ1) is 9.28. The molecule has 1 saturated heterocycles. The molecule has 0 aliphatic carbocycles. The van der Waals surface area contributed by atoms with Gasteiger partial charge in [-0.05, 0) is 6.37 Å². The van der Waals surface area contributed by atoms with E-state index < -0.39 is 46.1 Å². The second-order valence-corrected chi connectivity index (χ2v) is 4.90. The van der Waals surface area contributed by atoms with Gasteiger partial charge in [0, 0.05) is 39.5 Å². The summed E-state index contributed by atoms with van der Waals surface area (Å²) < 4.78 is 71.0. The maximum Gasteiger partial charge on any atom is 0.343 e. The van der Waals surface area contributed by atoms with Gasteiger partial charge in [0.15, 0.2) is 0 Å². The summed E-state index contributed by atoms with van der Waals surface area (Å²) in [4.78, 5) is 0. The van der Waals surface area contributed by atoms with Crippen molar-refractivity contribution in [3.8, 4) is 0 Å². The normalized spacial score (nSPS) is 42.6. The third-order valence-electron chi connectivity index (χ3n) is 1.47. The maximum atomic E-state index is 12.8. The van der Waals surface area contributed by atoms with Gasteiger partial charge in [-0.25, -0.2) is 9.75 Å². The van der Waals surface area contributed by atoms with Gasteiger partial charge in [0.05, 0.1) is 6.61 Å². The van der Waals surface area contributed by atoms with Gasteiger partial charge in [-0.15, -0.1) is 23.2 Å². The lowest BCUT2D eigenvalue weighted by Crippen LogP contribution is -2.35. The average Bonchev–Trinajstić information content (AvgIpc) is 2.29. The van der Waals surface area contributed by atoms with Crippen LogP contribution >= 0.6 is 30.9 Å². The van der Waals surface area contributed by atoms with E-state index in [-0.39, 0.29) is 5.88 Å². The van der Waals surface area contributed by atoms with Crippen LogP contribution < -0.4 is 5.08 Å². The number of alkyl halides is 2. The smallest absolute Gasteiger partial charge is 0.306 e. The van der Waals surface area contributed by atoms with Crippen LogP contribution in [0.5, 0.6) is 0 Å². The first-order valence-corrected chi connectivity index (χ1v) is 6.27. The van der Waals surface area contributed by atoms with Gasteiger partial charge in [0.25, 0.3) is 0 Å². The molecule has 1 atom stereocenters. The first kappa shape index (κ1) is 5.85. The van der Waals surface area contributed by atoms with E-state index in [1.54, 1.807) is 0 Å². The second-order valence-electron chi connectivity index (χ2n) is 2.33. The Morgan fingerprint density at radius 2 is 2.57 bits per heavy atom. The van der Waals surface area contributed by atoms with Crippen molar-refractivity contribution >= 4 is 30.9 Å². The SMILES string of the molecule is [2H]N1CC([2H])([2H])COP1(=O)N(CCCl)C([2H])([2H])C([2H])([2H])Cl. The van der Waals surface area contributed by atoms with E-state index in [2.05, 4.69) is 0 Å². The molecule has 0 radical (unpaired) electrons. The summed E-state index contributed by atoms with van der Waals surface area (Å²) >= 11 is 10.9. The lowest BCUT2D eigenvalue weighted by Gasteiger charge is -2.33. The quantitative estimate of drug-likeness (QED) is 0.610. The van der Waals surface area contributed by atoms with Crippen LogP contribution in [0.4, 0.5) is 0 Å². The summed E-state index contributed by atoms with van der Waals surface area (Å²) in [6.07, 6.45) is -1.92. The van der Waals surface area contributed by atoms with Gasteiger partial charge >= 0.3 is 7.67 Å². The fraction of sp³-hybridized carbons (Fsp3) is 1.00. The van der Waals surface area contributed by atoms with Gasteiger partial charge in [-0.2, -0.15) is 0 Å². The number of hydrogen-bond acceptors (Lipinski definition) is 2. The van der Waals surface area contributed by atoms with Crippen molar-refractivity contribution in [2.75, 3.05) is 37.9 Å². The molecular weight excluding hydrogens is 246 g/mol. The topological polar surface area (TPSA) is 41.6 Å². The molecule has 7 heteroatoms. The van der Waals surface area contributed by atoms with E-state index in [0.29, 0.717) is 9.75 Å². The van der Waals surface area contributed by atoms with Crippen LogP contribution in [0.2, 0.25) is 1.41 Å². The van der Waals surface area contributed by atoms with Gasteiger partial charge in [0.1, 0.15) is 1.41 Å². The molecule has 1 aliphatic heterocycles. The number of halogens is 2. The molecule has 0 amide bonds. The Morgan fingerprint density at radius 3 is 3.14 bits per heavy atom. The van der Waals surface area contributed by atoms with E-state index >= 15 is 0 Å². The standard InChI is InChI=1S/C7H15Cl2N2O2P/c8-2-5-11(6-3-9)14(12)10-4-1-7-13-14/h1-7H2,(H,10,12)/i1D2,2D2,5D2/hD. The molecule has 0 aromatic carbocycles. The van der Waals surface area contributed by atoms with Crippen molar-refractivity contribution in [3.05, 3.63) is 0 Å². The minimum atomic E-state index is -4.32. The predicted molar refractivity (Wildman–Crippen MR) is 59.2 cm³/mol. The molecule has 1 N–H and O–H groups in total. The molecule has 84 valence electrons. The van der Waals surface area contributed by atoms with Crippen molar-refractivity contribution < 1.29 is 18.7 Å². The Hall–Kier alpha value is 0.690. The Morgan fingerprint density at radius 1 is 1.79 bits per heavy atom. The van der Waals surface area contributed by atoms with Crippen LogP contribution in [0.25, 0.3) is 0 Å². The molecule has 4 nitrogen and oxygen atoms in total. The summed E-state index contributed by atoms with van der Waals surface area (Å²) in [5.41, 5.74) is 0. The third-order valence-corrected chi connectivity index (χ3v) is 3.60. The lowest BCUT2D eigenvalue weighted by molar-refractivity contribution is 0.233. The monoisotopic (exact) mass is 267 g/mol. The number of rotatable bonds is 5. The Bertz CT molecular complexity index is 436. The number of hydrogen-bond donors (Lipinski definition) is 1. The third kappa shape index (κ3) is 3.37. The van der Waals surface area contributed by atoms with Crippen LogP contribution in [-0.2, 0) is 9.09 Å². The average molecular weight is 268 g/mol. The summed E-state index contributed by atoms with van der Waals surface area (Å²) in [5, 5.41) is 0.295. The van der Waals surface area contributed by atoms with Crippen LogP contribution in [0.15, 0.2) is 0 Å². The highest BCUT2D eigenvalue weighted by atomic mass is 35.5. The molecule has 1 heterocycles. The molecule has 0 saturated carbocycles. The zero-order valence-electron chi connectivity index (χ0n) is 14.2. The highest BCUT2D eigenvalue weighted by Gasteiger charge is 2.32. The first-order valence-electron chi connectivity index (χ1n) is 7.27. The van der Waals surface area contributed by atoms with Crippen molar-refractivity contribution in [1.82, 2.24) is 9.75 Å². The molecule has 14 heavy (non-hydrogen) atoms. The second kappa shape index (κ2) is 6.31. The summed E-state index contributed by atoms with van der Waals surface area (Å²) in [7, 11) is -4.32. The molecular formula is C7H15Cl2N2O2P. The fourth-order valence-electron chi connectivity index (χ4n) is 0.876. The fourth-order valence-corrected chi connectivity index (χ4v) is 2.76. The molecule has 0 aromatic heterocycles. The van der Waals surface area contributed by atoms with E-state index in [1.165, 1.54) is 0 Å². The van der Waals surface area contributed by atoms with Crippen molar-refractivity contribution in [1.29, 1.82) is 0 Å². The van der Waals surface area contributed by atoms with Gasteiger partial charge < -0.3 is 4.52 Å². The van der Waals surface area contributed by atoms with Gasteiger partial charge in [-0.3, -0.25) is 4.57 Å². The molecule has 1 rings (SSSR count). The van der Waals surface area contributed by atoms with Gasteiger partial charge in [-0.1, -0.05) is 0 Å². The van der Waals surface area contributed by atoms with Crippen molar-refractivity contribution in [2.24, 2.45) is 0 Å². The van der Waals surface area contributed by atoms with Crippen LogP contribution in [0.3, 0.4) is 0 Å². The number of nitrogens with zero attached hydrogens (tertiary/aromatic N) is 1. The van der Waals surface area contributed by atoms with Crippen LogP contribution in [-0.4, -0.2) is 42.6 Å². The maximum absolute atomic E-state index is 12.8. The van der Waals surface area contributed by atoms with Gasteiger partial charge in [0.2, 0.25) is 0 Å². The Kier molecular flexibility index (Phi) is 2.64. The van der Waals surface area contributed by atoms with Crippen LogP contribution in [0.1, 0.15) is 14.6 Å². The molecule has 0 aromatic rings. The predicted octanol–water partition coefficient (Wildman–Crippen LogP) is 1.88. The minimum absolute atomic E-state index is 0.208. The summed E-state index contributed by atoms with van der Waals surface area (Å²) in [5.74, 6) is -3.13. The zero-order chi connectivity index (χ0) is 16.7. The highest BCUT2D eigenvalue weighted by Crippen LogP contribution is 2.47.